The molecule has 1 amide bonds. The van der Waals surface area contributed by atoms with Gasteiger partial charge < -0.3 is 15.3 Å². The monoisotopic (exact) mass is 340 g/mol. The molecule has 4 N–H and O–H groups in total. The molecule has 0 saturated carbocycles. The highest BCUT2D eigenvalue weighted by atomic mass is 31.2. The van der Waals surface area contributed by atoms with E-state index in [9.17, 15) is 29.0 Å². The smallest absolute Gasteiger partial charge is 0.329 e. The second-order valence-corrected chi connectivity index (χ2v) is 6.55. The van der Waals surface area contributed by atoms with Gasteiger partial charge in [0.2, 0.25) is 5.52 Å². The molecule has 0 aliphatic carbocycles. The van der Waals surface area contributed by atoms with E-state index in [0.717, 1.165) is 0 Å². The molecule has 0 aromatic rings. The molecule has 0 aromatic heterocycles. The molecule has 0 heterocycles. The molecule has 0 bridgehead atoms. The number of carbonyl (C=O) groups excluding carboxylic acids is 2. The maximum atomic E-state index is 11.5. The fourth-order valence-electron chi connectivity index (χ4n) is 1.28. The van der Waals surface area contributed by atoms with Gasteiger partial charge in [-0.3, -0.25) is 19.4 Å². The number of hydrogen-bond donors (Lipinski definition) is 4. The fraction of sp³-hybridized carbons (Fsp3) is 0.750. The molecular weight excluding hydrogens is 315 g/mol. The van der Waals surface area contributed by atoms with Gasteiger partial charge in [0.1, 0.15) is 0 Å². The van der Waals surface area contributed by atoms with Crippen molar-refractivity contribution in [2.45, 2.75) is 40.2 Å². The number of carboxylic acids is 1. The summed E-state index contributed by atoms with van der Waals surface area (Å²) in [5, 5.41) is 20.5. The second kappa shape index (κ2) is 11.3. The first kappa shape index (κ1) is 23.0. The first-order chi connectivity index (χ1) is 10.2. The van der Waals surface area contributed by atoms with Gasteiger partial charge >= 0.3 is 5.97 Å². The van der Waals surface area contributed by atoms with Crippen molar-refractivity contribution in [3.8, 4) is 0 Å². The lowest BCUT2D eigenvalue weighted by molar-refractivity contribution is -0.185. The van der Waals surface area contributed by atoms with Crippen molar-refractivity contribution in [2.24, 2.45) is 0 Å². The Balaban J connectivity index is 0. The van der Waals surface area contributed by atoms with Crippen molar-refractivity contribution < 1.29 is 34.2 Å². The number of amides is 1. The van der Waals surface area contributed by atoms with Crippen LogP contribution in [0.5, 0.6) is 0 Å². The van der Waals surface area contributed by atoms with Gasteiger partial charge in [-0.25, -0.2) is 9.86 Å². The number of nitrogens with zero attached hydrogens (tertiary/aromatic N) is 1. The minimum absolute atomic E-state index is 0.0121. The molecular formula is C12H25N2O7P. The van der Waals surface area contributed by atoms with E-state index >= 15 is 0 Å². The molecule has 0 aliphatic rings. The van der Waals surface area contributed by atoms with Crippen molar-refractivity contribution in [2.75, 3.05) is 19.3 Å². The number of aliphatic carboxylic acids is 1. The van der Waals surface area contributed by atoms with Gasteiger partial charge in [-0.2, -0.15) is 0 Å². The van der Waals surface area contributed by atoms with Crippen LogP contribution in [0.25, 0.3) is 0 Å². The number of carboxylic acid groups (broad SMARTS) is 1. The SMILES string of the molecule is CC.CCC(C(=O)O)N(O)C(=O)CNCC(=O)P(=O)(O)CC. The summed E-state index contributed by atoms with van der Waals surface area (Å²) < 4.78 is 11.3. The molecule has 9 nitrogen and oxygen atoms in total. The van der Waals surface area contributed by atoms with E-state index in [0.29, 0.717) is 0 Å². The Morgan fingerprint density at radius 1 is 1.18 bits per heavy atom. The molecule has 22 heavy (non-hydrogen) atoms. The quantitative estimate of drug-likeness (QED) is 0.270. The highest BCUT2D eigenvalue weighted by Gasteiger charge is 2.28. The van der Waals surface area contributed by atoms with Gasteiger partial charge in [-0.1, -0.05) is 27.7 Å². The average Bonchev–Trinajstić information content (AvgIpc) is 2.49. The van der Waals surface area contributed by atoms with E-state index in [1.165, 1.54) is 13.8 Å². The molecule has 2 atom stereocenters. The maximum Gasteiger partial charge on any atom is 0.329 e. The Labute approximate surface area is 129 Å². The minimum atomic E-state index is -3.87. The van der Waals surface area contributed by atoms with Crippen LogP contribution >= 0.6 is 7.37 Å². The van der Waals surface area contributed by atoms with Crippen molar-refractivity contribution in [1.82, 2.24) is 10.4 Å². The number of hydrogen-bond acceptors (Lipinski definition) is 6. The summed E-state index contributed by atoms with van der Waals surface area (Å²) in [6, 6.07) is -1.38. The molecule has 0 rings (SSSR count). The zero-order chi connectivity index (χ0) is 17.9. The Morgan fingerprint density at radius 3 is 2.05 bits per heavy atom. The van der Waals surface area contributed by atoms with Crippen LogP contribution in [-0.4, -0.2) is 63.0 Å². The molecule has 10 heteroatoms. The maximum absolute atomic E-state index is 11.5. The minimum Gasteiger partial charge on any atom is -0.480 e. The topological polar surface area (TPSA) is 144 Å². The number of nitrogens with one attached hydrogen (secondary N) is 1. The molecule has 0 spiro atoms. The Bertz CT molecular complexity index is 428. The Kier molecular flexibility index (Phi) is 11.8. The highest BCUT2D eigenvalue weighted by Crippen LogP contribution is 2.40. The molecule has 0 aliphatic heterocycles. The van der Waals surface area contributed by atoms with Crippen LogP contribution in [0.4, 0.5) is 0 Å². The third kappa shape index (κ3) is 7.65. The molecule has 0 fully saturated rings. The van der Waals surface area contributed by atoms with Gasteiger partial charge in [0, 0.05) is 6.16 Å². The molecule has 2 unspecified atom stereocenters. The summed E-state index contributed by atoms with van der Waals surface area (Å²) in [7, 11) is -3.87. The molecule has 0 aromatic carbocycles. The summed E-state index contributed by atoms with van der Waals surface area (Å²) in [6.45, 7) is 5.84. The summed E-state index contributed by atoms with van der Waals surface area (Å²) in [5.74, 6) is -2.30. The van der Waals surface area contributed by atoms with Crippen LogP contribution in [0.1, 0.15) is 34.1 Å². The predicted molar refractivity (Wildman–Crippen MR) is 79.9 cm³/mol. The summed E-state index contributed by atoms with van der Waals surface area (Å²) in [4.78, 5) is 42.7. The van der Waals surface area contributed by atoms with Crippen molar-refractivity contribution >= 4 is 24.8 Å². The van der Waals surface area contributed by atoms with Crippen LogP contribution in [0, 0.1) is 0 Å². The lowest BCUT2D eigenvalue weighted by atomic mass is 10.2. The standard InChI is InChI=1S/C10H19N2O7P.C2H6/c1-3-7(10(15)16)12(17)8(13)5-11-6-9(14)20(18,19)4-2;1-2/h7,11,17H,3-6H2,1-2H3,(H,15,16)(H,18,19);1-2H3. The van der Waals surface area contributed by atoms with Gasteiger partial charge in [-0.15, -0.1) is 0 Å². The third-order valence-electron chi connectivity index (χ3n) is 2.59. The van der Waals surface area contributed by atoms with Crippen molar-refractivity contribution in [3.05, 3.63) is 0 Å². The number of hydroxylamine groups is 2. The van der Waals surface area contributed by atoms with Crippen LogP contribution in [-0.2, 0) is 18.9 Å². The van der Waals surface area contributed by atoms with E-state index in [1.54, 1.807) is 0 Å². The lowest BCUT2D eigenvalue weighted by Crippen LogP contribution is -2.46. The molecule has 0 radical (unpaired) electrons. The van der Waals surface area contributed by atoms with E-state index in [2.05, 4.69) is 5.32 Å². The van der Waals surface area contributed by atoms with E-state index in [4.69, 9.17) is 5.11 Å². The number of rotatable bonds is 9. The summed E-state index contributed by atoms with van der Waals surface area (Å²) in [6.07, 6.45) is -0.192. The van der Waals surface area contributed by atoms with Crippen LogP contribution in [0.2, 0.25) is 0 Å². The number of carbonyl (C=O) groups is 3. The lowest BCUT2D eigenvalue weighted by Gasteiger charge is -2.21. The predicted octanol–water partition coefficient (Wildman–Crippen LogP) is 0.500. The third-order valence-corrected chi connectivity index (χ3v) is 4.39. The second-order valence-electron chi connectivity index (χ2n) is 4.02. The van der Waals surface area contributed by atoms with Crippen molar-refractivity contribution in [3.63, 3.8) is 0 Å². The van der Waals surface area contributed by atoms with E-state index in [1.807, 2.05) is 13.8 Å². The average molecular weight is 340 g/mol. The molecule has 130 valence electrons. The zero-order valence-electron chi connectivity index (χ0n) is 13.3. The van der Waals surface area contributed by atoms with Crippen LogP contribution in [0.3, 0.4) is 0 Å². The van der Waals surface area contributed by atoms with Crippen LogP contribution in [0.15, 0.2) is 0 Å². The van der Waals surface area contributed by atoms with Gasteiger partial charge in [0.05, 0.1) is 13.1 Å². The van der Waals surface area contributed by atoms with Crippen molar-refractivity contribution in [1.29, 1.82) is 0 Å². The van der Waals surface area contributed by atoms with Gasteiger partial charge in [0.25, 0.3) is 13.3 Å². The van der Waals surface area contributed by atoms with E-state index < -0.39 is 43.9 Å². The zero-order valence-corrected chi connectivity index (χ0v) is 14.2. The van der Waals surface area contributed by atoms with E-state index in [-0.39, 0.29) is 17.6 Å². The van der Waals surface area contributed by atoms with Gasteiger partial charge in [0.15, 0.2) is 6.04 Å². The largest absolute Gasteiger partial charge is 0.480 e. The highest BCUT2D eigenvalue weighted by molar-refractivity contribution is 7.75. The first-order valence-electron chi connectivity index (χ1n) is 6.97. The Hall–Kier alpha value is -1.28. The Morgan fingerprint density at radius 2 is 1.68 bits per heavy atom. The van der Waals surface area contributed by atoms with Gasteiger partial charge in [-0.05, 0) is 6.42 Å². The fourth-order valence-corrected chi connectivity index (χ4v) is 1.99. The summed E-state index contributed by atoms with van der Waals surface area (Å²) in [5.41, 5.74) is -0.928. The van der Waals surface area contributed by atoms with Crippen LogP contribution < -0.4 is 5.32 Å². The normalized spacial score (nSPS) is 14.1. The summed E-state index contributed by atoms with van der Waals surface area (Å²) >= 11 is 0. The first-order valence-corrected chi connectivity index (χ1v) is 8.81. The molecule has 0 saturated heterocycles.